The number of anilines is 3. The fourth-order valence-corrected chi connectivity index (χ4v) is 9.46. The summed E-state index contributed by atoms with van der Waals surface area (Å²) < 4.78 is 9.51. The van der Waals surface area contributed by atoms with E-state index in [-0.39, 0.29) is 0 Å². The molecule has 9 aromatic carbocycles. The lowest BCUT2D eigenvalue weighted by Crippen LogP contribution is -2.10. The molecule has 0 spiro atoms. The van der Waals surface area contributed by atoms with Crippen LogP contribution in [0, 0.1) is 0 Å². The predicted octanol–water partition coefficient (Wildman–Crippen LogP) is 16.1. The third-order valence-electron chi connectivity index (χ3n) is 11.1. The van der Waals surface area contributed by atoms with Crippen LogP contribution in [-0.4, -0.2) is 0 Å². The first kappa shape index (κ1) is 33.2. The van der Waals surface area contributed by atoms with E-state index >= 15 is 0 Å². The zero-order valence-electron chi connectivity index (χ0n) is 31.0. The Kier molecular flexibility index (Phi) is 8.04. The third-order valence-corrected chi connectivity index (χ3v) is 12.2. The summed E-state index contributed by atoms with van der Waals surface area (Å²) in [5.41, 5.74) is 14.3. The minimum atomic E-state index is 0.865. The summed E-state index contributed by atoms with van der Waals surface area (Å²) in [6.45, 7) is 0. The van der Waals surface area contributed by atoms with Crippen molar-refractivity contribution in [2.45, 2.75) is 0 Å². The van der Waals surface area contributed by atoms with Crippen LogP contribution in [-0.2, 0) is 0 Å². The van der Waals surface area contributed by atoms with Gasteiger partial charge in [0.2, 0.25) is 0 Å². The van der Waals surface area contributed by atoms with E-state index in [0.29, 0.717) is 0 Å². The highest BCUT2D eigenvalue weighted by molar-refractivity contribution is 7.25. The largest absolute Gasteiger partial charge is 0.455 e. The van der Waals surface area contributed by atoms with Gasteiger partial charge in [-0.15, -0.1) is 11.3 Å². The van der Waals surface area contributed by atoms with E-state index in [1.54, 1.807) is 0 Å². The first-order valence-corrected chi connectivity index (χ1v) is 20.1. The fraction of sp³-hybridized carbons (Fsp3) is 0. The summed E-state index contributed by atoms with van der Waals surface area (Å²) in [5, 5.41) is 4.72. The molecule has 0 fully saturated rings. The molecular weight excluding hydrogens is 711 g/mol. The van der Waals surface area contributed by atoms with Crippen LogP contribution in [0.2, 0.25) is 0 Å². The summed E-state index contributed by atoms with van der Waals surface area (Å²) >= 11 is 1.85. The Balaban J connectivity index is 1.14. The Bertz CT molecular complexity index is 3200. The van der Waals surface area contributed by atoms with Crippen molar-refractivity contribution in [1.29, 1.82) is 0 Å². The van der Waals surface area contributed by atoms with Crippen LogP contribution < -0.4 is 4.90 Å². The van der Waals surface area contributed by atoms with Crippen molar-refractivity contribution in [2.24, 2.45) is 0 Å². The van der Waals surface area contributed by atoms with E-state index in [9.17, 15) is 0 Å². The fourth-order valence-electron chi connectivity index (χ4n) is 8.28. The molecule has 3 heteroatoms. The quantitative estimate of drug-likeness (QED) is 0.162. The van der Waals surface area contributed by atoms with Gasteiger partial charge in [0.05, 0.1) is 11.1 Å². The maximum atomic E-state index is 6.97. The standard InChI is InChI=1S/C54H35NOS/c1-5-13-36(14-6-1)39-21-25-43(26-22-39)55(44-27-30-47-46-28-23-42(38-17-9-3-10-18-38)34-51(46)57-52(47)35-44)49-32-31-45(40-19-11-4-12-20-40)54-53(49)48-29-24-41(33-50(48)56-54)37-15-7-2-8-16-37/h1-35H. The number of hydrogen-bond donors (Lipinski definition) is 0. The van der Waals surface area contributed by atoms with Crippen molar-refractivity contribution in [3.8, 4) is 44.5 Å². The van der Waals surface area contributed by atoms with Gasteiger partial charge in [-0.25, -0.2) is 0 Å². The van der Waals surface area contributed by atoms with E-state index in [1.807, 2.05) is 11.3 Å². The molecule has 0 saturated carbocycles. The van der Waals surface area contributed by atoms with Crippen LogP contribution in [0.5, 0.6) is 0 Å². The molecule has 2 nitrogen and oxygen atoms in total. The Labute approximate surface area is 335 Å². The van der Waals surface area contributed by atoms with Crippen molar-refractivity contribution in [2.75, 3.05) is 4.90 Å². The molecule has 11 aromatic rings. The molecule has 0 bridgehead atoms. The van der Waals surface area contributed by atoms with Gasteiger partial charge in [-0.3, -0.25) is 0 Å². The Hall–Kier alpha value is -7.20. The zero-order chi connectivity index (χ0) is 37.7. The first-order valence-electron chi connectivity index (χ1n) is 19.3. The van der Waals surface area contributed by atoms with Gasteiger partial charge in [0.1, 0.15) is 11.2 Å². The third kappa shape index (κ3) is 5.88. The topological polar surface area (TPSA) is 16.4 Å². The molecule has 11 rings (SSSR count). The van der Waals surface area contributed by atoms with Crippen LogP contribution >= 0.6 is 11.3 Å². The van der Waals surface area contributed by atoms with E-state index in [2.05, 4.69) is 217 Å². The van der Waals surface area contributed by atoms with Crippen LogP contribution in [0.15, 0.2) is 217 Å². The number of thiophene rings is 1. The molecule has 0 saturated heterocycles. The highest BCUT2D eigenvalue weighted by atomic mass is 32.1. The second-order valence-corrected chi connectivity index (χ2v) is 15.6. The lowest BCUT2D eigenvalue weighted by molar-refractivity contribution is 0.670. The van der Waals surface area contributed by atoms with E-state index in [4.69, 9.17) is 4.42 Å². The summed E-state index contributed by atoms with van der Waals surface area (Å²) in [6, 6.07) is 76.2. The summed E-state index contributed by atoms with van der Waals surface area (Å²) in [7, 11) is 0. The highest BCUT2D eigenvalue weighted by Crippen LogP contribution is 2.48. The van der Waals surface area contributed by atoms with Gasteiger partial charge in [0, 0.05) is 42.5 Å². The van der Waals surface area contributed by atoms with Crippen LogP contribution in [0.3, 0.4) is 0 Å². The van der Waals surface area contributed by atoms with Crippen LogP contribution in [0.4, 0.5) is 17.1 Å². The minimum Gasteiger partial charge on any atom is -0.455 e. The SMILES string of the molecule is c1ccc(-c2ccc(N(c3ccc4c(c3)sc3cc(-c5ccccc5)ccc34)c3ccc(-c4ccccc4)c4oc5cc(-c6ccccc6)ccc5c34)cc2)cc1. The molecule has 2 heterocycles. The maximum Gasteiger partial charge on any atom is 0.145 e. The van der Waals surface area contributed by atoms with Crippen LogP contribution in [0.25, 0.3) is 86.6 Å². The van der Waals surface area contributed by atoms with Gasteiger partial charge in [-0.05, 0) is 93.5 Å². The normalized spacial score (nSPS) is 11.5. The van der Waals surface area contributed by atoms with Crippen molar-refractivity contribution in [3.63, 3.8) is 0 Å². The molecule has 0 aliphatic heterocycles. The molecule has 0 N–H and O–H groups in total. The number of hydrogen-bond acceptors (Lipinski definition) is 3. The molecule has 268 valence electrons. The molecule has 0 radical (unpaired) electrons. The summed E-state index contributed by atoms with van der Waals surface area (Å²) in [5.74, 6) is 0. The lowest BCUT2D eigenvalue weighted by Gasteiger charge is -2.27. The lowest BCUT2D eigenvalue weighted by atomic mass is 9.98. The molecule has 0 amide bonds. The van der Waals surface area contributed by atoms with Crippen molar-refractivity contribution in [3.05, 3.63) is 212 Å². The smallest absolute Gasteiger partial charge is 0.145 e. The molecular formula is C54H35NOS. The molecule has 0 atom stereocenters. The second kappa shape index (κ2) is 13.8. The monoisotopic (exact) mass is 745 g/mol. The predicted molar refractivity (Wildman–Crippen MR) is 243 cm³/mol. The molecule has 2 aromatic heterocycles. The average molecular weight is 746 g/mol. The molecule has 57 heavy (non-hydrogen) atoms. The van der Waals surface area contributed by atoms with Gasteiger partial charge in [-0.2, -0.15) is 0 Å². The summed E-state index contributed by atoms with van der Waals surface area (Å²) in [4.78, 5) is 2.41. The maximum absolute atomic E-state index is 6.97. The Morgan fingerprint density at radius 2 is 0.825 bits per heavy atom. The number of fused-ring (bicyclic) bond motifs is 6. The van der Waals surface area contributed by atoms with E-state index in [0.717, 1.165) is 61.3 Å². The van der Waals surface area contributed by atoms with Gasteiger partial charge >= 0.3 is 0 Å². The summed E-state index contributed by atoms with van der Waals surface area (Å²) in [6.07, 6.45) is 0. The zero-order valence-corrected chi connectivity index (χ0v) is 31.8. The first-order chi connectivity index (χ1) is 28.2. The highest BCUT2D eigenvalue weighted by Gasteiger charge is 2.23. The number of nitrogens with zero attached hydrogens (tertiary/aromatic N) is 1. The number of furan rings is 1. The van der Waals surface area contributed by atoms with Gasteiger partial charge < -0.3 is 9.32 Å². The molecule has 0 unspecified atom stereocenters. The Morgan fingerprint density at radius 1 is 0.351 bits per heavy atom. The number of benzene rings is 9. The second-order valence-electron chi connectivity index (χ2n) is 14.5. The minimum absolute atomic E-state index is 0.865. The average Bonchev–Trinajstić information content (AvgIpc) is 3.86. The molecule has 0 aliphatic carbocycles. The van der Waals surface area contributed by atoms with Crippen molar-refractivity contribution in [1.82, 2.24) is 0 Å². The van der Waals surface area contributed by atoms with E-state index in [1.165, 1.54) is 42.4 Å². The van der Waals surface area contributed by atoms with Gasteiger partial charge in [-0.1, -0.05) is 158 Å². The van der Waals surface area contributed by atoms with E-state index < -0.39 is 0 Å². The van der Waals surface area contributed by atoms with Crippen LogP contribution in [0.1, 0.15) is 0 Å². The van der Waals surface area contributed by atoms with Crippen molar-refractivity contribution >= 4 is 70.5 Å². The Morgan fingerprint density at radius 3 is 1.46 bits per heavy atom. The number of rotatable bonds is 7. The molecule has 0 aliphatic rings. The van der Waals surface area contributed by atoms with Gasteiger partial charge in [0.25, 0.3) is 0 Å². The van der Waals surface area contributed by atoms with Gasteiger partial charge in [0.15, 0.2) is 0 Å². The van der Waals surface area contributed by atoms with Crippen molar-refractivity contribution < 1.29 is 4.42 Å².